The predicted octanol–water partition coefficient (Wildman–Crippen LogP) is 6.20. The van der Waals surface area contributed by atoms with Crippen LogP contribution in [-0.4, -0.2) is 27.9 Å². The molecule has 0 saturated carbocycles. The van der Waals surface area contributed by atoms with Crippen molar-refractivity contribution in [2.75, 3.05) is 0 Å². The van der Waals surface area contributed by atoms with Crippen LogP contribution in [0.2, 0.25) is 0 Å². The van der Waals surface area contributed by atoms with Crippen molar-refractivity contribution in [1.82, 2.24) is 0 Å². The van der Waals surface area contributed by atoms with Crippen molar-refractivity contribution in [2.45, 2.75) is 32.8 Å². The van der Waals surface area contributed by atoms with Gasteiger partial charge >= 0.3 is 0 Å². The molecule has 2 N–H and O–H groups in total. The zero-order valence-corrected chi connectivity index (χ0v) is 18.9. The Bertz CT molecular complexity index is 1350. The molecule has 4 rings (SSSR count). The van der Waals surface area contributed by atoms with Gasteiger partial charge in [-0.15, -0.1) is 5.11 Å². The van der Waals surface area contributed by atoms with Crippen LogP contribution in [0.3, 0.4) is 0 Å². The first-order valence-electron chi connectivity index (χ1n) is 10.9. The lowest BCUT2D eigenvalue weighted by Crippen LogP contribution is -2.14. The molecule has 7 heteroatoms. The summed E-state index contributed by atoms with van der Waals surface area (Å²) < 4.78 is 5.91. The maximum atomic E-state index is 11.9. The fourth-order valence-corrected chi connectivity index (χ4v) is 3.69. The molecular weight excluding hydrogens is 432 g/mol. The van der Waals surface area contributed by atoms with Crippen LogP contribution in [0.15, 0.2) is 88.3 Å². The second kappa shape index (κ2) is 9.70. The number of hydrogen-bond donors (Lipinski definition) is 2. The SMILES string of the molecule is CC(C)Oc1cc(N=Nc2ccc(CCC3=C(O)C(=O)C=CC3=O)cc2)c(O)c2ccccc12. The Morgan fingerprint density at radius 2 is 1.53 bits per heavy atom. The minimum Gasteiger partial charge on any atom is -0.505 e. The molecule has 0 radical (unpaired) electrons. The molecule has 3 aromatic rings. The number of azo groups is 1. The zero-order chi connectivity index (χ0) is 24.2. The van der Waals surface area contributed by atoms with Gasteiger partial charge in [-0.1, -0.05) is 36.4 Å². The Hall–Kier alpha value is -4.26. The number of phenols is 1. The monoisotopic (exact) mass is 456 g/mol. The Morgan fingerprint density at radius 3 is 2.24 bits per heavy atom. The van der Waals surface area contributed by atoms with E-state index < -0.39 is 11.5 Å². The van der Waals surface area contributed by atoms with Gasteiger partial charge in [0.15, 0.2) is 17.3 Å². The van der Waals surface area contributed by atoms with Crippen LogP contribution in [-0.2, 0) is 16.0 Å². The minimum absolute atomic E-state index is 0.0286. The van der Waals surface area contributed by atoms with Crippen molar-refractivity contribution < 1.29 is 24.5 Å². The summed E-state index contributed by atoms with van der Waals surface area (Å²) in [6.07, 6.45) is 2.95. The van der Waals surface area contributed by atoms with E-state index in [9.17, 15) is 19.8 Å². The Morgan fingerprint density at radius 1 is 0.853 bits per heavy atom. The number of aryl methyl sites for hydroxylation is 1. The number of aliphatic hydroxyl groups excluding tert-OH is 1. The third kappa shape index (κ3) is 4.88. The lowest BCUT2D eigenvalue weighted by molar-refractivity contribution is -0.117. The van der Waals surface area contributed by atoms with Gasteiger partial charge in [0, 0.05) is 22.4 Å². The molecule has 0 fully saturated rings. The van der Waals surface area contributed by atoms with Crippen molar-refractivity contribution in [3.05, 3.63) is 83.6 Å². The van der Waals surface area contributed by atoms with Gasteiger partial charge in [0.1, 0.15) is 11.4 Å². The number of phenolic OH excluding ortho intramolecular Hbond substituents is 1. The Labute approximate surface area is 196 Å². The molecule has 0 heterocycles. The van der Waals surface area contributed by atoms with Crippen LogP contribution in [0.5, 0.6) is 11.5 Å². The molecule has 0 atom stereocenters. The van der Waals surface area contributed by atoms with E-state index in [4.69, 9.17) is 4.74 Å². The predicted molar refractivity (Wildman–Crippen MR) is 129 cm³/mol. The second-order valence-electron chi connectivity index (χ2n) is 8.21. The van der Waals surface area contributed by atoms with Crippen molar-refractivity contribution in [3.63, 3.8) is 0 Å². The summed E-state index contributed by atoms with van der Waals surface area (Å²) in [5.41, 5.74) is 1.92. The molecule has 7 nitrogen and oxygen atoms in total. The summed E-state index contributed by atoms with van der Waals surface area (Å²) in [7, 11) is 0. The highest BCUT2D eigenvalue weighted by Gasteiger charge is 2.21. The molecule has 172 valence electrons. The number of ketones is 2. The quantitative estimate of drug-likeness (QED) is 0.325. The molecule has 0 aliphatic heterocycles. The first-order chi connectivity index (χ1) is 16.3. The smallest absolute Gasteiger partial charge is 0.220 e. The summed E-state index contributed by atoms with van der Waals surface area (Å²) in [5.74, 6) is -0.728. The molecule has 1 aliphatic carbocycles. The van der Waals surface area contributed by atoms with Gasteiger partial charge in [-0.25, -0.2) is 0 Å². The fraction of sp³-hybridized carbons (Fsp3) is 0.185. The van der Waals surface area contributed by atoms with Crippen LogP contribution in [0.25, 0.3) is 10.8 Å². The molecule has 1 aliphatic rings. The number of nitrogens with zero attached hydrogens (tertiary/aromatic N) is 2. The lowest BCUT2D eigenvalue weighted by Gasteiger charge is -2.14. The molecular formula is C27H24N2O5. The highest BCUT2D eigenvalue weighted by atomic mass is 16.5. The third-order valence-corrected chi connectivity index (χ3v) is 5.40. The van der Waals surface area contributed by atoms with E-state index in [0.29, 0.717) is 28.9 Å². The first-order valence-corrected chi connectivity index (χ1v) is 10.9. The maximum Gasteiger partial charge on any atom is 0.220 e. The van der Waals surface area contributed by atoms with E-state index in [1.165, 1.54) is 6.08 Å². The summed E-state index contributed by atoms with van der Waals surface area (Å²) in [5, 5.41) is 30.5. The maximum absolute atomic E-state index is 11.9. The molecule has 0 saturated heterocycles. The van der Waals surface area contributed by atoms with Crippen molar-refractivity contribution >= 4 is 33.7 Å². The van der Waals surface area contributed by atoms with Crippen LogP contribution < -0.4 is 4.74 Å². The number of fused-ring (bicyclic) bond motifs is 1. The molecule has 34 heavy (non-hydrogen) atoms. The van der Waals surface area contributed by atoms with E-state index in [1.54, 1.807) is 24.3 Å². The number of allylic oxidation sites excluding steroid dienone is 3. The highest BCUT2D eigenvalue weighted by molar-refractivity contribution is 6.18. The average molecular weight is 456 g/mol. The number of ether oxygens (including phenoxy) is 1. The van der Waals surface area contributed by atoms with Crippen LogP contribution in [0.4, 0.5) is 11.4 Å². The topological polar surface area (TPSA) is 109 Å². The van der Waals surface area contributed by atoms with Gasteiger partial charge < -0.3 is 14.9 Å². The average Bonchev–Trinajstić information content (AvgIpc) is 2.83. The molecule has 3 aromatic carbocycles. The number of hydrogen-bond acceptors (Lipinski definition) is 7. The van der Waals surface area contributed by atoms with E-state index in [0.717, 1.165) is 17.0 Å². The Balaban J connectivity index is 1.51. The lowest BCUT2D eigenvalue weighted by atomic mass is 9.95. The number of aliphatic hydroxyl groups is 1. The molecule has 0 amide bonds. The molecule has 0 aromatic heterocycles. The number of carbonyl (C=O) groups excluding carboxylic acids is 2. The molecule has 0 unspecified atom stereocenters. The fourth-order valence-electron chi connectivity index (χ4n) is 3.69. The van der Waals surface area contributed by atoms with Gasteiger partial charge in [0.05, 0.1) is 11.8 Å². The number of benzene rings is 3. The van der Waals surface area contributed by atoms with Gasteiger partial charge in [-0.05, 0) is 56.5 Å². The van der Waals surface area contributed by atoms with E-state index in [2.05, 4.69) is 10.2 Å². The molecule has 0 spiro atoms. The number of carbonyl (C=O) groups is 2. The summed E-state index contributed by atoms with van der Waals surface area (Å²) in [4.78, 5) is 23.5. The minimum atomic E-state index is -0.552. The Kier molecular flexibility index (Phi) is 6.54. The second-order valence-corrected chi connectivity index (χ2v) is 8.21. The van der Waals surface area contributed by atoms with E-state index in [1.807, 2.05) is 44.2 Å². The largest absolute Gasteiger partial charge is 0.505 e. The standard InChI is InChI=1S/C27H24N2O5/c1-16(2)34-25-15-22(26(32)20-6-4-3-5-19(20)25)29-28-18-10-7-17(8-11-18)9-12-21-23(30)13-14-24(31)27(21)33/h3-8,10-11,13-16,32-33H,9,12H2,1-2H3. The summed E-state index contributed by atoms with van der Waals surface area (Å²) in [6, 6.07) is 16.3. The van der Waals surface area contributed by atoms with E-state index >= 15 is 0 Å². The normalized spacial score (nSPS) is 14.1. The van der Waals surface area contributed by atoms with Crippen molar-refractivity contribution in [3.8, 4) is 11.5 Å². The zero-order valence-electron chi connectivity index (χ0n) is 18.9. The molecule has 0 bridgehead atoms. The van der Waals surface area contributed by atoms with Gasteiger partial charge in [-0.2, -0.15) is 5.11 Å². The summed E-state index contributed by atoms with van der Waals surface area (Å²) in [6.45, 7) is 3.86. The first kappa shape index (κ1) is 22.9. The number of rotatable bonds is 7. The van der Waals surface area contributed by atoms with Gasteiger partial charge in [-0.3, -0.25) is 9.59 Å². The van der Waals surface area contributed by atoms with Crippen LogP contribution in [0.1, 0.15) is 25.8 Å². The van der Waals surface area contributed by atoms with Gasteiger partial charge in [0.25, 0.3) is 0 Å². The van der Waals surface area contributed by atoms with Crippen molar-refractivity contribution in [1.29, 1.82) is 0 Å². The number of aromatic hydroxyl groups is 1. The van der Waals surface area contributed by atoms with E-state index in [-0.39, 0.29) is 29.6 Å². The highest BCUT2D eigenvalue weighted by Crippen LogP contribution is 2.41. The summed E-state index contributed by atoms with van der Waals surface area (Å²) >= 11 is 0. The van der Waals surface area contributed by atoms with Crippen LogP contribution in [0, 0.1) is 0 Å². The third-order valence-electron chi connectivity index (χ3n) is 5.40. The van der Waals surface area contributed by atoms with Gasteiger partial charge in [0.2, 0.25) is 5.78 Å². The van der Waals surface area contributed by atoms with Crippen molar-refractivity contribution in [2.24, 2.45) is 10.2 Å². The van der Waals surface area contributed by atoms with Crippen LogP contribution >= 0.6 is 0 Å².